The van der Waals surface area contributed by atoms with Gasteiger partial charge in [0, 0.05) is 22.3 Å². The number of rotatable bonds is 4. The fourth-order valence-corrected chi connectivity index (χ4v) is 3.00. The van der Waals surface area contributed by atoms with Crippen LogP contribution in [-0.4, -0.2) is 17.8 Å². The van der Waals surface area contributed by atoms with Crippen molar-refractivity contribution < 1.29 is 5.11 Å². The van der Waals surface area contributed by atoms with Crippen LogP contribution in [0.1, 0.15) is 37.8 Å². The van der Waals surface area contributed by atoms with Gasteiger partial charge in [0.25, 0.3) is 0 Å². The van der Waals surface area contributed by atoms with Gasteiger partial charge in [0.1, 0.15) is 0 Å². The highest BCUT2D eigenvalue weighted by atomic mass is 127. The Morgan fingerprint density at radius 1 is 1.35 bits per heavy atom. The molecule has 3 heteroatoms. The van der Waals surface area contributed by atoms with E-state index in [2.05, 4.69) is 59.1 Å². The van der Waals surface area contributed by atoms with Gasteiger partial charge in [-0.25, -0.2) is 0 Å². The quantitative estimate of drug-likeness (QED) is 0.822. The van der Waals surface area contributed by atoms with E-state index in [-0.39, 0.29) is 0 Å². The lowest BCUT2D eigenvalue weighted by Gasteiger charge is -2.24. The van der Waals surface area contributed by atoms with Gasteiger partial charge in [-0.1, -0.05) is 18.6 Å². The molecule has 0 amide bonds. The van der Waals surface area contributed by atoms with Crippen molar-refractivity contribution in [3.8, 4) is 0 Å². The van der Waals surface area contributed by atoms with E-state index >= 15 is 0 Å². The molecule has 1 aromatic rings. The maximum Gasteiger partial charge on any atom is 0.0474 e. The first kappa shape index (κ1) is 13.3. The highest BCUT2D eigenvalue weighted by Crippen LogP contribution is 2.27. The van der Waals surface area contributed by atoms with E-state index in [1.54, 1.807) is 0 Å². The first-order valence-electron chi connectivity index (χ1n) is 6.33. The van der Waals surface area contributed by atoms with Crippen LogP contribution in [0.4, 0.5) is 0 Å². The Kier molecular flexibility index (Phi) is 4.82. The maximum absolute atomic E-state index is 9.32. The molecule has 1 aliphatic rings. The normalized spacial score (nSPS) is 26.1. The standard InChI is InChI=1S/C14H20INO/c1-10(11-5-7-13(15)8-6-11)16-14-4-2-3-12(14)9-17/h5-8,10,12,14,16-17H,2-4,9H2,1H3. The molecule has 0 aromatic heterocycles. The summed E-state index contributed by atoms with van der Waals surface area (Å²) in [6.07, 6.45) is 3.59. The lowest BCUT2D eigenvalue weighted by Crippen LogP contribution is -2.35. The molecule has 1 fully saturated rings. The summed E-state index contributed by atoms with van der Waals surface area (Å²) in [6, 6.07) is 9.50. The number of benzene rings is 1. The van der Waals surface area contributed by atoms with Crippen molar-refractivity contribution in [2.24, 2.45) is 5.92 Å². The molecule has 0 spiro atoms. The molecule has 3 atom stereocenters. The number of aliphatic hydroxyl groups excluding tert-OH is 1. The Labute approximate surface area is 117 Å². The second-order valence-electron chi connectivity index (χ2n) is 4.92. The topological polar surface area (TPSA) is 32.3 Å². The molecule has 17 heavy (non-hydrogen) atoms. The van der Waals surface area contributed by atoms with E-state index < -0.39 is 0 Å². The van der Waals surface area contributed by atoms with Crippen LogP contribution in [0.2, 0.25) is 0 Å². The summed E-state index contributed by atoms with van der Waals surface area (Å²) in [5, 5.41) is 13.0. The van der Waals surface area contributed by atoms with Crippen LogP contribution >= 0.6 is 22.6 Å². The van der Waals surface area contributed by atoms with Gasteiger partial charge in [-0.2, -0.15) is 0 Å². The molecule has 0 saturated heterocycles. The summed E-state index contributed by atoms with van der Waals surface area (Å²) < 4.78 is 1.27. The molecule has 3 unspecified atom stereocenters. The van der Waals surface area contributed by atoms with Gasteiger partial charge in [0.2, 0.25) is 0 Å². The van der Waals surface area contributed by atoms with Crippen LogP contribution in [0.3, 0.4) is 0 Å². The van der Waals surface area contributed by atoms with E-state index in [9.17, 15) is 5.11 Å². The number of nitrogens with one attached hydrogen (secondary N) is 1. The SMILES string of the molecule is CC(NC1CCCC1CO)c1ccc(I)cc1. The zero-order valence-electron chi connectivity index (χ0n) is 10.2. The van der Waals surface area contributed by atoms with Gasteiger partial charge in [-0.15, -0.1) is 0 Å². The van der Waals surface area contributed by atoms with E-state index in [4.69, 9.17) is 0 Å². The average Bonchev–Trinajstić information content (AvgIpc) is 2.77. The molecule has 1 saturated carbocycles. The summed E-state index contributed by atoms with van der Waals surface area (Å²) in [4.78, 5) is 0. The third-order valence-electron chi connectivity index (χ3n) is 3.73. The fraction of sp³-hybridized carbons (Fsp3) is 0.571. The van der Waals surface area contributed by atoms with Crippen molar-refractivity contribution in [3.63, 3.8) is 0 Å². The third kappa shape index (κ3) is 3.42. The molecule has 94 valence electrons. The second kappa shape index (κ2) is 6.16. The van der Waals surface area contributed by atoms with Crippen molar-refractivity contribution in [3.05, 3.63) is 33.4 Å². The van der Waals surface area contributed by atoms with Gasteiger partial charge in [-0.05, 0) is 66.0 Å². The van der Waals surface area contributed by atoms with Gasteiger partial charge < -0.3 is 10.4 Å². The highest BCUT2D eigenvalue weighted by molar-refractivity contribution is 14.1. The van der Waals surface area contributed by atoms with Crippen LogP contribution in [0.25, 0.3) is 0 Å². The van der Waals surface area contributed by atoms with E-state index in [0.717, 1.165) is 6.42 Å². The summed E-state index contributed by atoms with van der Waals surface area (Å²) in [6.45, 7) is 2.52. The minimum atomic E-state index is 0.317. The van der Waals surface area contributed by atoms with E-state index in [1.165, 1.54) is 22.0 Å². The molecule has 2 rings (SSSR count). The largest absolute Gasteiger partial charge is 0.396 e. The minimum absolute atomic E-state index is 0.317. The molecule has 0 aliphatic heterocycles. The second-order valence-corrected chi connectivity index (χ2v) is 6.17. The van der Waals surface area contributed by atoms with Crippen molar-refractivity contribution >= 4 is 22.6 Å². The number of halogens is 1. The summed E-state index contributed by atoms with van der Waals surface area (Å²) in [5.74, 6) is 0.446. The van der Waals surface area contributed by atoms with E-state index in [0.29, 0.717) is 24.6 Å². The Morgan fingerprint density at radius 2 is 2.06 bits per heavy atom. The predicted octanol–water partition coefficient (Wildman–Crippen LogP) is 3.10. The van der Waals surface area contributed by atoms with Crippen LogP contribution in [-0.2, 0) is 0 Å². The molecule has 1 aliphatic carbocycles. The number of hydrogen-bond acceptors (Lipinski definition) is 2. The zero-order valence-corrected chi connectivity index (χ0v) is 12.4. The molecule has 0 radical (unpaired) electrons. The van der Waals surface area contributed by atoms with Crippen molar-refractivity contribution in [2.75, 3.05) is 6.61 Å². The Morgan fingerprint density at radius 3 is 2.71 bits per heavy atom. The Balaban J connectivity index is 1.96. The Bertz CT molecular complexity index is 352. The maximum atomic E-state index is 9.32. The first-order chi connectivity index (χ1) is 8.20. The highest BCUT2D eigenvalue weighted by Gasteiger charge is 2.27. The Hall–Kier alpha value is -0.130. The van der Waals surface area contributed by atoms with Crippen molar-refractivity contribution in [1.29, 1.82) is 0 Å². The summed E-state index contributed by atoms with van der Waals surface area (Å²) in [7, 11) is 0. The number of hydrogen-bond donors (Lipinski definition) is 2. The summed E-state index contributed by atoms with van der Waals surface area (Å²) in [5.41, 5.74) is 1.33. The lowest BCUT2D eigenvalue weighted by atomic mass is 10.0. The minimum Gasteiger partial charge on any atom is -0.396 e. The number of aliphatic hydroxyl groups is 1. The van der Waals surface area contributed by atoms with Crippen LogP contribution in [0.5, 0.6) is 0 Å². The van der Waals surface area contributed by atoms with Crippen LogP contribution in [0, 0.1) is 9.49 Å². The van der Waals surface area contributed by atoms with Crippen molar-refractivity contribution in [2.45, 2.75) is 38.3 Å². The van der Waals surface area contributed by atoms with Gasteiger partial charge >= 0.3 is 0 Å². The van der Waals surface area contributed by atoms with Gasteiger partial charge in [-0.3, -0.25) is 0 Å². The zero-order chi connectivity index (χ0) is 12.3. The lowest BCUT2D eigenvalue weighted by molar-refractivity contribution is 0.200. The average molecular weight is 345 g/mol. The first-order valence-corrected chi connectivity index (χ1v) is 7.41. The molecule has 0 bridgehead atoms. The van der Waals surface area contributed by atoms with Crippen LogP contribution in [0.15, 0.2) is 24.3 Å². The predicted molar refractivity (Wildman–Crippen MR) is 78.9 cm³/mol. The molecular formula is C14H20INO. The summed E-state index contributed by atoms with van der Waals surface area (Å²) >= 11 is 2.33. The van der Waals surface area contributed by atoms with Gasteiger partial charge in [0.05, 0.1) is 0 Å². The monoisotopic (exact) mass is 345 g/mol. The molecule has 2 N–H and O–H groups in total. The molecule has 0 heterocycles. The van der Waals surface area contributed by atoms with Crippen molar-refractivity contribution in [1.82, 2.24) is 5.32 Å². The smallest absolute Gasteiger partial charge is 0.0474 e. The molecule has 1 aromatic carbocycles. The van der Waals surface area contributed by atoms with E-state index in [1.807, 2.05) is 0 Å². The van der Waals surface area contributed by atoms with Crippen LogP contribution < -0.4 is 5.32 Å². The van der Waals surface area contributed by atoms with Gasteiger partial charge in [0.15, 0.2) is 0 Å². The molecular weight excluding hydrogens is 325 g/mol. The fourth-order valence-electron chi connectivity index (χ4n) is 2.64. The molecule has 2 nitrogen and oxygen atoms in total. The third-order valence-corrected chi connectivity index (χ3v) is 4.45.